The van der Waals surface area contributed by atoms with E-state index in [1.807, 2.05) is 0 Å². The van der Waals surface area contributed by atoms with Crippen LogP contribution in [0.3, 0.4) is 0 Å². The first kappa shape index (κ1) is 16.8. The molecule has 1 rings (SSSR count). The molecule has 0 bridgehead atoms. The average Bonchev–Trinajstić information content (AvgIpc) is 2.38. The molecule has 0 heterocycles. The molecule has 2 atom stereocenters. The van der Waals surface area contributed by atoms with Gasteiger partial charge in [-0.3, -0.25) is 0 Å². The Morgan fingerprint density at radius 2 is 1.89 bits per heavy atom. The topological polar surface area (TPSA) is 20.2 Å². The van der Waals surface area contributed by atoms with E-state index in [1.54, 1.807) is 0 Å². The predicted molar refractivity (Wildman–Crippen MR) is 84.2 cm³/mol. The number of rotatable bonds is 8. The third kappa shape index (κ3) is 6.61. The minimum Gasteiger partial charge on any atom is -0.396 e. The maximum atomic E-state index is 9.56. The van der Waals surface area contributed by atoms with Crippen molar-refractivity contribution in [1.29, 1.82) is 0 Å². The maximum Gasteiger partial charge on any atom is 0.0465 e. The molecule has 1 nitrogen and oxygen atoms in total. The SMILES string of the molecule is CCCCCCC/C=C/[C@@H]1CCC(C)(C)C[C@H]1CO. The molecule has 0 radical (unpaired) electrons. The van der Waals surface area contributed by atoms with Crippen molar-refractivity contribution >= 4 is 0 Å². The first-order valence-corrected chi connectivity index (χ1v) is 8.36. The van der Waals surface area contributed by atoms with Gasteiger partial charge in [-0.1, -0.05) is 58.6 Å². The number of hydrogen-bond acceptors (Lipinski definition) is 1. The third-order valence-electron chi connectivity index (χ3n) is 4.67. The summed E-state index contributed by atoms with van der Waals surface area (Å²) in [4.78, 5) is 0. The summed E-state index contributed by atoms with van der Waals surface area (Å²) in [6.07, 6.45) is 16.5. The molecule has 1 heteroatoms. The molecular weight excluding hydrogens is 232 g/mol. The van der Waals surface area contributed by atoms with Crippen molar-refractivity contribution in [2.24, 2.45) is 17.3 Å². The summed E-state index contributed by atoms with van der Waals surface area (Å²) in [5.41, 5.74) is 0.428. The zero-order valence-corrected chi connectivity index (χ0v) is 13.3. The van der Waals surface area contributed by atoms with Crippen LogP contribution in [0, 0.1) is 17.3 Å². The van der Waals surface area contributed by atoms with E-state index in [1.165, 1.54) is 57.8 Å². The molecular formula is C18H34O. The van der Waals surface area contributed by atoms with Gasteiger partial charge in [0.1, 0.15) is 0 Å². The number of allylic oxidation sites excluding steroid dienone is 2. The summed E-state index contributed by atoms with van der Waals surface area (Å²) in [5, 5.41) is 9.56. The van der Waals surface area contributed by atoms with E-state index in [0.29, 0.717) is 23.9 Å². The molecule has 0 spiro atoms. The largest absolute Gasteiger partial charge is 0.396 e. The normalized spacial score (nSPS) is 26.9. The second kappa shape index (κ2) is 8.79. The second-order valence-electron chi connectivity index (χ2n) is 7.14. The van der Waals surface area contributed by atoms with E-state index in [0.717, 1.165) is 0 Å². The number of aliphatic hydroxyl groups is 1. The van der Waals surface area contributed by atoms with Gasteiger partial charge in [-0.2, -0.15) is 0 Å². The van der Waals surface area contributed by atoms with Gasteiger partial charge >= 0.3 is 0 Å². The Morgan fingerprint density at radius 3 is 2.58 bits per heavy atom. The summed E-state index contributed by atoms with van der Waals surface area (Å²) in [7, 11) is 0. The predicted octanol–water partition coefficient (Wildman–Crippen LogP) is 5.34. The van der Waals surface area contributed by atoms with E-state index in [9.17, 15) is 5.11 Å². The van der Waals surface area contributed by atoms with Gasteiger partial charge in [-0.25, -0.2) is 0 Å². The summed E-state index contributed by atoms with van der Waals surface area (Å²) in [6, 6.07) is 0. The maximum absolute atomic E-state index is 9.56. The highest BCUT2D eigenvalue weighted by atomic mass is 16.3. The van der Waals surface area contributed by atoms with Gasteiger partial charge < -0.3 is 5.11 Å². The Kier molecular flexibility index (Phi) is 7.75. The molecule has 0 amide bonds. The van der Waals surface area contributed by atoms with Crippen LogP contribution in [-0.2, 0) is 0 Å². The molecule has 1 fully saturated rings. The highest BCUT2D eigenvalue weighted by Crippen LogP contribution is 2.42. The van der Waals surface area contributed by atoms with E-state index >= 15 is 0 Å². The Labute approximate surface area is 120 Å². The fourth-order valence-corrected chi connectivity index (χ4v) is 3.35. The quantitative estimate of drug-likeness (QED) is 0.464. The van der Waals surface area contributed by atoms with Gasteiger partial charge in [0.25, 0.3) is 0 Å². The molecule has 1 saturated carbocycles. The first-order chi connectivity index (χ1) is 9.09. The standard InChI is InChI=1S/C18H34O/c1-4-5-6-7-8-9-10-11-16-12-13-18(2,3)14-17(16)15-19/h10-11,16-17,19H,4-9,12-15H2,1-3H3/b11-10+/t16-,17+/m1/s1. The number of hydrogen-bond donors (Lipinski definition) is 1. The molecule has 1 N–H and O–H groups in total. The van der Waals surface area contributed by atoms with Crippen LogP contribution in [0.15, 0.2) is 12.2 Å². The smallest absolute Gasteiger partial charge is 0.0465 e. The van der Waals surface area contributed by atoms with Gasteiger partial charge in [-0.05, 0) is 49.4 Å². The Morgan fingerprint density at radius 1 is 1.16 bits per heavy atom. The highest BCUT2D eigenvalue weighted by Gasteiger charge is 2.32. The zero-order chi connectivity index (χ0) is 14.1. The lowest BCUT2D eigenvalue weighted by atomic mass is 9.67. The zero-order valence-electron chi connectivity index (χ0n) is 13.3. The summed E-state index contributed by atoms with van der Waals surface area (Å²) >= 11 is 0. The third-order valence-corrected chi connectivity index (χ3v) is 4.67. The van der Waals surface area contributed by atoms with E-state index in [4.69, 9.17) is 0 Å². The lowest BCUT2D eigenvalue weighted by molar-refractivity contribution is 0.0877. The fourth-order valence-electron chi connectivity index (χ4n) is 3.35. The Hall–Kier alpha value is -0.300. The first-order valence-electron chi connectivity index (χ1n) is 8.36. The lowest BCUT2D eigenvalue weighted by Gasteiger charge is -2.39. The van der Waals surface area contributed by atoms with Gasteiger partial charge in [0.05, 0.1) is 0 Å². The molecule has 0 aromatic heterocycles. The van der Waals surface area contributed by atoms with Crippen LogP contribution in [0.25, 0.3) is 0 Å². The van der Waals surface area contributed by atoms with Crippen molar-refractivity contribution in [2.75, 3.05) is 6.61 Å². The Bertz CT molecular complexity index is 254. The fraction of sp³-hybridized carbons (Fsp3) is 0.889. The van der Waals surface area contributed by atoms with Gasteiger partial charge in [0, 0.05) is 6.61 Å². The minimum absolute atomic E-state index is 0.356. The van der Waals surface area contributed by atoms with Gasteiger partial charge in [-0.15, -0.1) is 0 Å². The van der Waals surface area contributed by atoms with Crippen LogP contribution in [0.5, 0.6) is 0 Å². The van der Waals surface area contributed by atoms with Crippen LogP contribution in [0.2, 0.25) is 0 Å². The van der Waals surface area contributed by atoms with Crippen molar-refractivity contribution < 1.29 is 5.11 Å². The average molecular weight is 266 g/mol. The molecule has 0 aliphatic heterocycles. The molecule has 0 saturated heterocycles. The van der Waals surface area contributed by atoms with Crippen LogP contribution < -0.4 is 0 Å². The van der Waals surface area contributed by atoms with Crippen molar-refractivity contribution in [3.63, 3.8) is 0 Å². The second-order valence-corrected chi connectivity index (χ2v) is 7.14. The van der Waals surface area contributed by atoms with Crippen molar-refractivity contribution in [2.45, 2.75) is 78.6 Å². The van der Waals surface area contributed by atoms with Crippen molar-refractivity contribution in [1.82, 2.24) is 0 Å². The summed E-state index contributed by atoms with van der Waals surface area (Å²) < 4.78 is 0. The summed E-state index contributed by atoms with van der Waals surface area (Å²) in [6.45, 7) is 7.29. The number of aliphatic hydroxyl groups excluding tert-OH is 1. The van der Waals surface area contributed by atoms with Crippen LogP contribution in [0.1, 0.15) is 78.6 Å². The van der Waals surface area contributed by atoms with Crippen LogP contribution in [-0.4, -0.2) is 11.7 Å². The minimum atomic E-state index is 0.356. The van der Waals surface area contributed by atoms with Gasteiger partial charge in [0.15, 0.2) is 0 Å². The van der Waals surface area contributed by atoms with E-state index in [-0.39, 0.29) is 0 Å². The molecule has 0 aromatic carbocycles. The van der Waals surface area contributed by atoms with E-state index < -0.39 is 0 Å². The molecule has 0 unspecified atom stereocenters. The van der Waals surface area contributed by atoms with Crippen LogP contribution >= 0.6 is 0 Å². The monoisotopic (exact) mass is 266 g/mol. The molecule has 19 heavy (non-hydrogen) atoms. The molecule has 0 aromatic rings. The Balaban J connectivity index is 2.23. The molecule has 112 valence electrons. The van der Waals surface area contributed by atoms with Gasteiger partial charge in [0.2, 0.25) is 0 Å². The molecule has 1 aliphatic carbocycles. The van der Waals surface area contributed by atoms with E-state index in [2.05, 4.69) is 32.9 Å². The molecule has 1 aliphatic rings. The lowest BCUT2D eigenvalue weighted by Crippen LogP contribution is -2.31. The summed E-state index contributed by atoms with van der Waals surface area (Å²) in [5.74, 6) is 1.11. The van der Waals surface area contributed by atoms with Crippen molar-refractivity contribution in [3.05, 3.63) is 12.2 Å². The number of unbranched alkanes of at least 4 members (excludes halogenated alkanes) is 5. The van der Waals surface area contributed by atoms with Crippen molar-refractivity contribution in [3.8, 4) is 0 Å². The van der Waals surface area contributed by atoms with Crippen LogP contribution in [0.4, 0.5) is 0 Å². The highest BCUT2D eigenvalue weighted by molar-refractivity contribution is 4.96.